The van der Waals surface area contributed by atoms with Crippen LogP contribution in [0.4, 0.5) is 5.69 Å². The molecule has 21 heavy (non-hydrogen) atoms. The van der Waals surface area contributed by atoms with Crippen LogP contribution in [0.15, 0.2) is 65.8 Å². The number of oxime groups is 1. The third kappa shape index (κ3) is 2.77. The van der Waals surface area contributed by atoms with Crippen molar-refractivity contribution in [2.75, 3.05) is 11.9 Å². The fourth-order valence-electron chi connectivity index (χ4n) is 2.60. The van der Waals surface area contributed by atoms with Crippen LogP contribution in [0.3, 0.4) is 0 Å². The first-order valence-corrected chi connectivity index (χ1v) is 7.26. The molecule has 0 saturated carbocycles. The highest BCUT2D eigenvalue weighted by Gasteiger charge is 2.42. The summed E-state index contributed by atoms with van der Waals surface area (Å²) in [5.41, 5.74) is 3.13. The van der Waals surface area contributed by atoms with E-state index < -0.39 is 0 Å². The van der Waals surface area contributed by atoms with E-state index in [0.29, 0.717) is 0 Å². The molecule has 1 heterocycles. The Morgan fingerprint density at radius 2 is 1.62 bits per heavy atom. The molecule has 0 aliphatic carbocycles. The highest BCUT2D eigenvalue weighted by molar-refractivity contribution is 6.05. The van der Waals surface area contributed by atoms with Crippen LogP contribution in [0.25, 0.3) is 0 Å². The van der Waals surface area contributed by atoms with Gasteiger partial charge < -0.3 is 10.2 Å². The summed E-state index contributed by atoms with van der Waals surface area (Å²) in [5.74, 6) is 0. The Hall–Kier alpha value is -2.29. The van der Waals surface area contributed by atoms with Crippen molar-refractivity contribution in [2.45, 2.75) is 20.0 Å². The average Bonchev–Trinajstić information content (AvgIpc) is 2.81. The number of hydrogen-bond donors (Lipinski definition) is 1. The molecule has 3 rings (SSSR count). The van der Waals surface area contributed by atoms with E-state index in [-0.39, 0.29) is 11.5 Å². The SMILES string of the molecule is CC1(C)C(c2ccccc2)=NOC1CNc1ccccc1. The first kappa shape index (κ1) is 13.7. The standard InChI is InChI=1S/C18H20N2O/c1-18(2)16(13-19-15-11-7-4-8-12-15)21-20-17(18)14-9-5-3-6-10-14/h3-12,16,19H,13H2,1-2H3. The molecule has 0 radical (unpaired) electrons. The average molecular weight is 280 g/mol. The fraction of sp³-hybridized carbons (Fsp3) is 0.278. The maximum absolute atomic E-state index is 5.68. The second-order valence-electron chi connectivity index (χ2n) is 5.87. The minimum atomic E-state index is -0.122. The van der Waals surface area contributed by atoms with Gasteiger partial charge in [-0.1, -0.05) is 67.5 Å². The van der Waals surface area contributed by atoms with E-state index in [2.05, 4.69) is 48.6 Å². The molecule has 0 spiro atoms. The van der Waals surface area contributed by atoms with Gasteiger partial charge in [0.2, 0.25) is 0 Å². The van der Waals surface area contributed by atoms with E-state index in [4.69, 9.17) is 4.84 Å². The Labute approximate surface area is 125 Å². The van der Waals surface area contributed by atoms with Gasteiger partial charge in [0.25, 0.3) is 0 Å². The van der Waals surface area contributed by atoms with Gasteiger partial charge in [-0.15, -0.1) is 0 Å². The Morgan fingerprint density at radius 1 is 1.00 bits per heavy atom. The topological polar surface area (TPSA) is 33.6 Å². The van der Waals surface area contributed by atoms with Gasteiger partial charge in [-0.3, -0.25) is 0 Å². The van der Waals surface area contributed by atoms with Gasteiger partial charge in [-0.25, -0.2) is 0 Å². The van der Waals surface area contributed by atoms with Crippen LogP contribution in [-0.2, 0) is 4.84 Å². The van der Waals surface area contributed by atoms with Gasteiger partial charge in [0.1, 0.15) is 0 Å². The zero-order chi connectivity index (χ0) is 14.7. The minimum absolute atomic E-state index is 0.0212. The molecule has 2 aromatic rings. The molecule has 108 valence electrons. The molecule has 0 bridgehead atoms. The lowest BCUT2D eigenvalue weighted by atomic mass is 9.79. The van der Waals surface area contributed by atoms with Gasteiger partial charge >= 0.3 is 0 Å². The number of anilines is 1. The smallest absolute Gasteiger partial charge is 0.155 e. The monoisotopic (exact) mass is 280 g/mol. The van der Waals surface area contributed by atoms with Crippen molar-refractivity contribution >= 4 is 11.4 Å². The van der Waals surface area contributed by atoms with Crippen LogP contribution in [0.1, 0.15) is 19.4 Å². The molecular formula is C18H20N2O. The number of benzene rings is 2. The first-order valence-electron chi connectivity index (χ1n) is 7.26. The maximum Gasteiger partial charge on any atom is 0.155 e. The summed E-state index contributed by atoms with van der Waals surface area (Å²) in [6.07, 6.45) is 0.0212. The number of para-hydroxylation sites is 1. The van der Waals surface area contributed by atoms with Crippen LogP contribution in [0.2, 0.25) is 0 Å². The van der Waals surface area contributed by atoms with Gasteiger partial charge in [0.15, 0.2) is 6.10 Å². The molecule has 1 atom stereocenters. The summed E-state index contributed by atoms with van der Waals surface area (Å²) in [7, 11) is 0. The lowest BCUT2D eigenvalue weighted by molar-refractivity contribution is 0.0465. The summed E-state index contributed by atoms with van der Waals surface area (Å²) >= 11 is 0. The van der Waals surface area contributed by atoms with E-state index in [1.165, 1.54) is 0 Å². The van der Waals surface area contributed by atoms with E-state index in [0.717, 1.165) is 23.5 Å². The molecule has 1 aliphatic heterocycles. The molecule has 3 nitrogen and oxygen atoms in total. The van der Waals surface area contributed by atoms with Crippen LogP contribution in [0.5, 0.6) is 0 Å². The Bertz CT molecular complexity index is 620. The molecule has 1 N–H and O–H groups in total. The van der Waals surface area contributed by atoms with E-state index in [9.17, 15) is 0 Å². The Kier molecular flexibility index (Phi) is 3.65. The second-order valence-corrected chi connectivity index (χ2v) is 5.87. The van der Waals surface area contributed by atoms with E-state index in [1.54, 1.807) is 0 Å². The van der Waals surface area contributed by atoms with Crippen molar-refractivity contribution in [3.05, 3.63) is 66.2 Å². The molecule has 2 aromatic carbocycles. The Balaban J connectivity index is 1.70. The van der Waals surface area contributed by atoms with E-state index in [1.807, 2.05) is 36.4 Å². The van der Waals surface area contributed by atoms with Gasteiger partial charge in [-0.2, -0.15) is 0 Å². The van der Waals surface area contributed by atoms with Gasteiger partial charge in [-0.05, 0) is 12.1 Å². The third-order valence-corrected chi connectivity index (χ3v) is 4.00. The third-order valence-electron chi connectivity index (χ3n) is 4.00. The summed E-state index contributed by atoms with van der Waals surface area (Å²) in [6, 6.07) is 20.4. The molecule has 0 aromatic heterocycles. The molecule has 0 saturated heterocycles. The van der Waals surface area contributed by atoms with Crippen molar-refractivity contribution < 1.29 is 4.84 Å². The molecule has 1 aliphatic rings. The predicted octanol–water partition coefficient (Wildman–Crippen LogP) is 3.93. The molecular weight excluding hydrogens is 260 g/mol. The summed E-state index contributed by atoms with van der Waals surface area (Å²) < 4.78 is 0. The molecule has 3 heteroatoms. The van der Waals surface area contributed by atoms with Gasteiger partial charge in [0, 0.05) is 11.3 Å². The highest BCUT2D eigenvalue weighted by Crippen LogP contribution is 2.34. The van der Waals surface area contributed by atoms with Crippen molar-refractivity contribution in [2.24, 2.45) is 10.6 Å². The van der Waals surface area contributed by atoms with E-state index >= 15 is 0 Å². The maximum atomic E-state index is 5.68. The zero-order valence-corrected chi connectivity index (χ0v) is 12.4. The molecule has 0 amide bonds. The summed E-state index contributed by atoms with van der Waals surface area (Å²) in [4.78, 5) is 5.68. The largest absolute Gasteiger partial charge is 0.389 e. The Morgan fingerprint density at radius 3 is 2.29 bits per heavy atom. The predicted molar refractivity (Wildman–Crippen MR) is 86.6 cm³/mol. The van der Waals surface area contributed by atoms with Crippen LogP contribution in [0, 0.1) is 5.41 Å². The van der Waals surface area contributed by atoms with Crippen LogP contribution < -0.4 is 5.32 Å². The first-order chi connectivity index (χ1) is 10.2. The zero-order valence-electron chi connectivity index (χ0n) is 12.4. The fourth-order valence-corrected chi connectivity index (χ4v) is 2.60. The van der Waals surface area contributed by atoms with Crippen LogP contribution in [-0.4, -0.2) is 18.4 Å². The number of hydrogen-bond acceptors (Lipinski definition) is 3. The van der Waals surface area contributed by atoms with Crippen LogP contribution >= 0.6 is 0 Å². The molecule has 1 unspecified atom stereocenters. The molecule has 0 fully saturated rings. The van der Waals surface area contributed by atoms with Crippen molar-refractivity contribution in [3.63, 3.8) is 0 Å². The van der Waals surface area contributed by atoms with Crippen molar-refractivity contribution in [1.29, 1.82) is 0 Å². The van der Waals surface area contributed by atoms with Gasteiger partial charge in [0.05, 0.1) is 17.7 Å². The summed E-state index contributed by atoms with van der Waals surface area (Å²) in [5, 5.41) is 7.74. The normalized spacial score (nSPS) is 19.7. The lowest BCUT2D eigenvalue weighted by Crippen LogP contribution is -2.38. The van der Waals surface area contributed by atoms with Crippen molar-refractivity contribution in [1.82, 2.24) is 0 Å². The lowest BCUT2D eigenvalue weighted by Gasteiger charge is -2.26. The highest BCUT2D eigenvalue weighted by atomic mass is 16.6. The number of rotatable bonds is 4. The number of nitrogens with one attached hydrogen (secondary N) is 1. The quantitative estimate of drug-likeness (QED) is 0.920. The number of nitrogens with zero attached hydrogens (tertiary/aromatic N) is 1. The van der Waals surface area contributed by atoms with Crippen molar-refractivity contribution in [3.8, 4) is 0 Å². The summed E-state index contributed by atoms with van der Waals surface area (Å²) in [6.45, 7) is 5.10. The second kappa shape index (κ2) is 5.60. The minimum Gasteiger partial charge on any atom is -0.389 e.